The van der Waals surface area contributed by atoms with Gasteiger partial charge in [-0.3, -0.25) is 9.48 Å². The molecule has 1 saturated heterocycles. The number of piperazine rings is 1. The van der Waals surface area contributed by atoms with Crippen LogP contribution in [0.5, 0.6) is 0 Å². The molecule has 1 amide bonds. The number of hydrogen-bond donors (Lipinski definition) is 2. The van der Waals surface area contributed by atoms with E-state index >= 15 is 0 Å². The highest BCUT2D eigenvalue weighted by Gasteiger charge is 2.25. The molecule has 9 heteroatoms. The molecule has 2 aromatic heterocycles. The van der Waals surface area contributed by atoms with Gasteiger partial charge in [0.1, 0.15) is 5.52 Å². The highest BCUT2D eigenvalue weighted by Crippen LogP contribution is 2.35. The molecule has 0 spiro atoms. The van der Waals surface area contributed by atoms with E-state index in [0.29, 0.717) is 34.2 Å². The first kappa shape index (κ1) is 20.8. The number of fused-ring (bicyclic) bond motifs is 2. The highest BCUT2D eigenvalue weighted by molar-refractivity contribution is 7.19. The molecule has 3 heterocycles. The van der Waals surface area contributed by atoms with Crippen LogP contribution in [0.1, 0.15) is 29.2 Å². The third-order valence-corrected chi connectivity index (χ3v) is 6.70. The fraction of sp³-hybridized carbons (Fsp3) is 0.348. The van der Waals surface area contributed by atoms with Gasteiger partial charge in [0.25, 0.3) is 5.91 Å². The summed E-state index contributed by atoms with van der Waals surface area (Å²) in [6.45, 7) is 8.10. The molecule has 4 aromatic rings. The molecule has 0 aliphatic carbocycles. The van der Waals surface area contributed by atoms with E-state index in [9.17, 15) is 9.18 Å². The maximum absolute atomic E-state index is 14.4. The molecule has 166 valence electrons. The van der Waals surface area contributed by atoms with E-state index in [0.717, 1.165) is 28.5 Å². The van der Waals surface area contributed by atoms with Crippen LogP contribution >= 0.6 is 11.3 Å². The Morgan fingerprint density at radius 1 is 1.22 bits per heavy atom. The second-order valence-corrected chi connectivity index (χ2v) is 9.77. The lowest BCUT2D eigenvalue weighted by Crippen LogP contribution is -2.54. The summed E-state index contributed by atoms with van der Waals surface area (Å²) in [5, 5.41) is 12.0. The van der Waals surface area contributed by atoms with Crippen LogP contribution in [0.3, 0.4) is 0 Å². The minimum atomic E-state index is -0.467. The van der Waals surface area contributed by atoms with Crippen LogP contribution in [0.4, 0.5) is 15.8 Å². The van der Waals surface area contributed by atoms with Crippen molar-refractivity contribution in [2.75, 3.05) is 23.3 Å². The first-order chi connectivity index (χ1) is 15.3. The number of aryl methyl sites for hydroxylation is 2. The summed E-state index contributed by atoms with van der Waals surface area (Å²) < 4.78 is 17.0. The van der Waals surface area contributed by atoms with Gasteiger partial charge in [-0.1, -0.05) is 0 Å². The number of anilines is 2. The topological polar surface area (TPSA) is 75.1 Å². The summed E-state index contributed by atoms with van der Waals surface area (Å²) in [6, 6.07) is 7.61. The Kier molecular flexibility index (Phi) is 5.10. The van der Waals surface area contributed by atoms with Gasteiger partial charge >= 0.3 is 0 Å². The minimum Gasteiger partial charge on any atom is -0.367 e. The fourth-order valence-electron chi connectivity index (χ4n) is 4.54. The number of hydrogen-bond acceptors (Lipinski definition) is 6. The first-order valence-corrected chi connectivity index (χ1v) is 11.5. The van der Waals surface area contributed by atoms with Gasteiger partial charge in [-0.25, -0.2) is 9.37 Å². The molecule has 0 saturated carbocycles. The smallest absolute Gasteiger partial charge is 0.257 e. The van der Waals surface area contributed by atoms with Crippen LogP contribution in [0.2, 0.25) is 0 Å². The number of benzene rings is 2. The van der Waals surface area contributed by atoms with Gasteiger partial charge in [0, 0.05) is 49.5 Å². The predicted octanol–water partition coefficient (Wildman–Crippen LogP) is 4.07. The van der Waals surface area contributed by atoms with Crippen molar-refractivity contribution < 1.29 is 9.18 Å². The Hall–Kier alpha value is -3.04. The molecule has 5 rings (SSSR count). The minimum absolute atomic E-state index is 0.284. The van der Waals surface area contributed by atoms with Crippen molar-refractivity contribution in [2.24, 2.45) is 7.05 Å². The number of carbonyl (C=O) groups excluding carboxylic acids is 1. The average molecular weight is 453 g/mol. The van der Waals surface area contributed by atoms with Crippen molar-refractivity contribution in [3.05, 3.63) is 46.9 Å². The molecule has 0 bridgehead atoms. The normalized spacial score (nSPS) is 19.1. The summed E-state index contributed by atoms with van der Waals surface area (Å²) >= 11 is 1.60. The Balaban J connectivity index is 1.50. The van der Waals surface area contributed by atoms with Crippen molar-refractivity contribution >= 4 is 49.7 Å². The van der Waals surface area contributed by atoms with Gasteiger partial charge < -0.3 is 15.5 Å². The Labute approximate surface area is 189 Å². The van der Waals surface area contributed by atoms with E-state index in [1.807, 2.05) is 19.1 Å². The number of aromatic nitrogens is 3. The number of halogens is 1. The van der Waals surface area contributed by atoms with Crippen molar-refractivity contribution in [1.82, 2.24) is 20.1 Å². The van der Waals surface area contributed by atoms with E-state index in [4.69, 9.17) is 0 Å². The van der Waals surface area contributed by atoms with Gasteiger partial charge in [-0.05, 0) is 45.0 Å². The standard InChI is InChI=1S/C23H25FN6OS/c1-12-9-30(10-13(2)25-12)19-6-5-17(21-22(19)32-14(3)26-21)23(31)27-16-7-15-11-29(4)28-20(15)18(24)8-16/h5-8,11-13,25H,9-10H2,1-4H3,(H,27,31)/t12-,13-/m0/s1. The number of nitrogens with zero attached hydrogens (tertiary/aromatic N) is 4. The molecule has 0 unspecified atom stereocenters. The molecule has 2 N–H and O–H groups in total. The largest absolute Gasteiger partial charge is 0.367 e. The first-order valence-electron chi connectivity index (χ1n) is 10.6. The molecule has 7 nitrogen and oxygen atoms in total. The summed E-state index contributed by atoms with van der Waals surface area (Å²) in [4.78, 5) is 20.2. The third kappa shape index (κ3) is 3.71. The molecule has 1 fully saturated rings. The zero-order valence-corrected chi connectivity index (χ0v) is 19.3. The lowest BCUT2D eigenvalue weighted by molar-refractivity contribution is 0.102. The molecule has 2 aromatic carbocycles. The van der Waals surface area contributed by atoms with E-state index < -0.39 is 5.82 Å². The van der Waals surface area contributed by atoms with E-state index in [-0.39, 0.29) is 11.4 Å². The number of carbonyl (C=O) groups is 1. The van der Waals surface area contributed by atoms with Crippen molar-refractivity contribution in [3.63, 3.8) is 0 Å². The second-order valence-electron chi connectivity index (χ2n) is 8.57. The lowest BCUT2D eigenvalue weighted by atomic mass is 10.1. The average Bonchev–Trinajstić information content (AvgIpc) is 3.28. The molecule has 32 heavy (non-hydrogen) atoms. The van der Waals surface area contributed by atoms with Crippen LogP contribution in [0.15, 0.2) is 30.5 Å². The number of thiazole rings is 1. The summed E-state index contributed by atoms with van der Waals surface area (Å²) in [6.07, 6.45) is 1.72. The number of amides is 1. The van der Waals surface area contributed by atoms with Crippen molar-refractivity contribution in [3.8, 4) is 0 Å². The maximum atomic E-state index is 14.4. The third-order valence-electron chi connectivity index (χ3n) is 5.71. The van der Waals surface area contributed by atoms with Gasteiger partial charge in [0.15, 0.2) is 5.82 Å². The van der Waals surface area contributed by atoms with E-state index in [1.54, 1.807) is 35.3 Å². The van der Waals surface area contributed by atoms with Crippen LogP contribution in [-0.2, 0) is 7.05 Å². The zero-order valence-electron chi connectivity index (χ0n) is 18.4. The summed E-state index contributed by atoms with van der Waals surface area (Å²) in [7, 11) is 1.74. The van der Waals surface area contributed by atoms with E-state index in [1.165, 1.54) is 6.07 Å². The molecule has 0 radical (unpaired) electrons. The SMILES string of the molecule is Cc1nc2c(C(=O)Nc3cc(F)c4nn(C)cc4c3)ccc(N3C[C@H](C)N[C@@H](C)C3)c2s1. The van der Waals surface area contributed by atoms with Crippen molar-refractivity contribution in [1.29, 1.82) is 0 Å². The van der Waals surface area contributed by atoms with Gasteiger partial charge in [0.2, 0.25) is 0 Å². The quantitative estimate of drug-likeness (QED) is 0.490. The molecular weight excluding hydrogens is 427 g/mol. The summed E-state index contributed by atoms with van der Waals surface area (Å²) in [5.41, 5.74) is 2.94. The highest BCUT2D eigenvalue weighted by atomic mass is 32.1. The molecular formula is C23H25FN6OS. The van der Waals surface area contributed by atoms with Gasteiger partial charge in [-0.2, -0.15) is 5.10 Å². The van der Waals surface area contributed by atoms with Gasteiger partial charge in [-0.15, -0.1) is 11.3 Å². The van der Waals surface area contributed by atoms with E-state index in [2.05, 4.69) is 39.5 Å². The Morgan fingerprint density at radius 3 is 2.72 bits per heavy atom. The lowest BCUT2D eigenvalue weighted by Gasteiger charge is -2.37. The zero-order chi connectivity index (χ0) is 22.6. The number of nitrogens with one attached hydrogen (secondary N) is 2. The summed E-state index contributed by atoms with van der Waals surface area (Å²) in [5.74, 6) is -0.776. The fourth-order valence-corrected chi connectivity index (χ4v) is 5.52. The van der Waals surface area contributed by atoms with Crippen LogP contribution in [0, 0.1) is 12.7 Å². The number of rotatable bonds is 3. The molecule has 1 aliphatic rings. The van der Waals surface area contributed by atoms with Crippen LogP contribution < -0.4 is 15.5 Å². The monoisotopic (exact) mass is 452 g/mol. The Bertz CT molecular complexity index is 1340. The molecule has 2 atom stereocenters. The van der Waals surface area contributed by atoms with Crippen LogP contribution in [0.25, 0.3) is 21.1 Å². The van der Waals surface area contributed by atoms with Crippen LogP contribution in [-0.4, -0.2) is 45.8 Å². The maximum Gasteiger partial charge on any atom is 0.257 e. The second kappa shape index (κ2) is 7.83. The molecule has 1 aliphatic heterocycles. The predicted molar refractivity (Wildman–Crippen MR) is 127 cm³/mol. The Morgan fingerprint density at radius 2 is 1.97 bits per heavy atom. The van der Waals surface area contributed by atoms with Gasteiger partial charge in [0.05, 0.1) is 26.5 Å². The van der Waals surface area contributed by atoms with Crippen molar-refractivity contribution in [2.45, 2.75) is 32.9 Å².